The summed E-state index contributed by atoms with van der Waals surface area (Å²) in [6.07, 6.45) is -7.37. The highest BCUT2D eigenvalue weighted by Crippen LogP contribution is 2.23. The van der Waals surface area contributed by atoms with Crippen molar-refractivity contribution in [3.63, 3.8) is 0 Å². The van der Waals surface area contributed by atoms with Gasteiger partial charge in [0.1, 0.15) is 0 Å². The lowest BCUT2D eigenvalue weighted by atomic mass is 10.3. The molecule has 0 saturated heterocycles. The first kappa shape index (κ1) is 17.7. The number of halogens is 6. The molecule has 0 fully saturated rings. The fourth-order valence-electron chi connectivity index (χ4n) is 1.26. The summed E-state index contributed by atoms with van der Waals surface area (Å²) in [5.74, 6) is -1.14. The lowest BCUT2D eigenvalue weighted by Crippen LogP contribution is -2.44. The second kappa shape index (κ2) is 6.58. The van der Waals surface area contributed by atoms with E-state index in [1.807, 2.05) is 10.3 Å². The first-order valence-electron chi connectivity index (χ1n) is 5.54. The number of alkyl halides is 6. The summed E-state index contributed by atoms with van der Waals surface area (Å²) in [5, 5.41) is 2.05. The van der Waals surface area contributed by atoms with Gasteiger partial charge in [-0.25, -0.2) is 4.98 Å². The molecule has 0 bridgehead atoms. The minimum atomic E-state index is -4.67. The average Bonchev–Trinajstić information content (AvgIpc) is 2.37. The highest BCUT2D eigenvalue weighted by Gasteiger charge is 2.41. The number of hydrogen-bond donors (Lipinski definition) is 2. The molecular formula is C10H8F6N4O2. The largest absolute Gasteiger partial charge is 0.438 e. The topological polar surface area (TPSA) is 87.2 Å². The molecule has 0 saturated carbocycles. The Kier molecular flexibility index (Phi) is 5.28. The number of rotatable bonds is 0. The van der Waals surface area contributed by atoms with Crippen molar-refractivity contribution >= 4 is 11.6 Å². The van der Waals surface area contributed by atoms with Crippen LogP contribution in [0, 0.1) is 0 Å². The molecule has 1 aromatic rings. The standard InChI is InChI=1S/C5H5F3N2O.C5H3F3N2O/c2*6-5(7,8)3-4(11)10-2-1-9-3/h1-2H2,(H,10,11);1-2H,(H,10,11). The Balaban J connectivity index is 0.000000220. The smallest absolute Gasteiger partial charge is 0.349 e. The number of aliphatic imine (C=N–C) groups is 1. The van der Waals surface area contributed by atoms with E-state index in [9.17, 15) is 35.9 Å². The third-order valence-corrected chi connectivity index (χ3v) is 2.13. The zero-order valence-corrected chi connectivity index (χ0v) is 10.5. The van der Waals surface area contributed by atoms with Crippen molar-refractivity contribution in [2.75, 3.05) is 13.1 Å². The van der Waals surface area contributed by atoms with Crippen LogP contribution in [0.3, 0.4) is 0 Å². The second-order valence-electron chi connectivity index (χ2n) is 3.75. The van der Waals surface area contributed by atoms with Crippen molar-refractivity contribution in [1.82, 2.24) is 15.3 Å². The number of nitrogens with one attached hydrogen (secondary N) is 2. The van der Waals surface area contributed by atoms with Crippen LogP contribution >= 0.6 is 0 Å². The van der Waals surface area contributed by atoms with E-state index in [0.29, 0.717) is 0 Å². The van der Waals surface area contributed by atoms with Gasteiger partial charge in [0.25, 0.3) is 11.5 Å². The van der Waals surface area contributed by atoms with E-state index < -0.39 is 35.2 Å². The molecular weight excluding hydrogens is 322 g/mol. The highest BCUT2D eigenvalue weighted by molar-refractivity contribution is 6.41. The fraction of sp³-hybridized carbons (Fsp3) is 0.400. The molecule has 2 heterocycles. The molecule has 2 N–H and O–H groups in total. The molecule has 122 valence electrons. The average molecular weight is 330 g/mol. The minimum absolute atomic E-state index is 0.000579. The summed E-state index contributed by atoms with van der Waals surface area (Å²) in [6.45, 7) is 0.180. The Labute approximate surface area is 118 Å². The van der Waals surface area contributed by atoms with Crippen LogP contribution in [-0.2, 0) is 11.0 Å². The number of H-pyrrole nitrogens is 1. The van der Waals surface area contributed by atoms with Crippen molar-refractivity contribution in [1.29, 1.82) is 0 Å². The minimum Gasteiger partial charge on any atom is -0.349 e. The van der Waals surface area contributed by atoms with E-state index >= 15 is 0 Å². The predicted molar refractivity (Wildman–Crippen MR) is 61.2 cm³/mol. The van der Waals surface area contributed by atoms with Gasteiger partial charge in [-0.3, -0.25) is 14.6 Å². The van der Waals surface area contributed by atoms with E-state index in [2.05, 4.69) is 9.98 Å². The molecule has 0 radical (unpaired) electrons. The van der Waals surface area contributed by atoms with Gasteiger partial charge in [0.2, 0.25) is 11.4 Å². The number of nitrogens with zero attached hydrogens (tertiary/aromatic N) is 2. The van der Waals surface area contributed by atoms with Crippen LogP contribution < -0.4 is 10.9 Å². The number of carbonyl (C=O) groups is 1. The quantitative estimate of drug-likeness (QED) is 0.693. The van der Waals surface area contributed by atoms with Crippen LogP contribution in [0.15, 0.2) is 22.2 Å². The Morgan fingerprint density at radius 3 is 2.05 bits per heavy atom. The molecule has 0 spiro atoms. The van der Waals surface area contributed by atoms with Crippen molar-refractivity contribution in [2.45, 2.75) is 12.4 Å². The van der Waals surface area contributed by atoms with Gasteiger partial charge in [0.05, 0.1) is 6.54 Å². The van der Waals surface area contributed by atoms with Crippen LogP contribution in [0.25, 0.3) is 0 Å². The van der Waals surface area contributed by atoms with Gasteiger partial charge >= 0.3 is 12.4 Å². The Morgan fingerprint density at radius 1 is 1.05 bits per heavy atom. The summed E-state index contributed by atoms with van der Waals surface area (Å²) in [7, 11) is 0. The van der Waals surface area contributed by atoms with E-state index in [1.54, 1.807) is 0 Å². The van der Waals surface area contributed by atoms with Gasteiger partial charge in [-0.15, -0.1) is 0 Å². The number of carbonyl (C=O) groups excluding carboxylic acids is 1. The van der Waals surface area contributed by atoms with Crippen LogP contribution in [-0.4, -0.2) is 40.9 Å². The van der Waals surface area contributed by atoms with E-state index in [0.717, 1.165) is 12.4 Å². The third kappa shape index (κ3) is 4.86. The summed E-state index contributed by atoms with van der Waals surface area (Å²) >= 11 is 0. The first-order chi connectivity index (χ1) is 10.0. The lowest BCUT2D eigenvalue weighted by molar-refractivity contribution is -0.142. The van der Waals surface area contributed by atoms with E-state index in [1.165, 1.54) is 0 Å². The molecule has 0 unspecified atom stereocenters. The molecule has 0 aromatic carbocycles. The molecule has 2 rings (SSSR count). The zero-order valence-electron chi connectivity index (χ0n) is 10.5. The molecule has 12 heteroatoms. The van der Waals surface area contributed by atoms with Crippen LogP contribution in [0.4, 0.5) is 26.3 Å². The third-order valence-electron chi connectivity index (χ3n) is 2.13. The Hall–Kier alpha value is -2.40. The Morgan fingerprint density at radius 2 is 1.68 bits per heavy atom. The molecule has 1 aliphatic rings. The van der Waals surface area contributed by atoms with Gasteiger partial charge in [-0.1, -0.05) is 0 Å². The van der Waals surface area contributed by atoms with E-state index in [4.69, 9.17) is 0 Å². The van der Waals surface area contributed by atoms with Crippen molar-refractivity contribution < 1.29 is 31.1 Å². The SMILES string of the molecule is O=C1NCCN=C1C(F)(F)F.O=c1[nH]ccnc1C(F)(F)F. The summed E-state index contributed by atoms with van der Waals surface area (Å²) in [5.41, 5.74) is -3.97. The van der Waals surface area contributed by atoms with Gasteiger partial charge in [-0.05, 0) is 0 Å². The summed E-state index contributed by atoms with van der Waals surface area (Å²) in [6, 6.07) is 0. The highest BCUT2D eigenvalue weighted by atomic mass is 19.4. The van der Waals surface area contributed by atoms with Gasteiger partial charge in [-0.2, -0.15) is 26.3 Å². The molecule has 6 nitrogen and oxygen atoms in total. The predicted octanol–water partition coefficient (Wildman–Crippen LogP) is 0.908. The maximum atomic E-state index is 11.8. The van der Waals surface area contributed by atoms with Crippen molar-refractivity contribution in [3.8, 4) is 0 Å². The number of aromatic amines is 1. The number of hydrogen-bond acceptors (Lipinski definition) is 4. The molecule has 22 heavy (non-hydrogen) atoms. The molecule has 1 aliphatic heterocycles. The Bertz CT molecular complexity index is 619. The van der Waals surface area contributed by atoms with Crippen LogP contribution in [0.2, 0.25) is 0 Å². The van der Waals surface area contributed by atoms with Crippen molar-refractivity contribution in [2.24, 2.45) is 4.99 Å². The summed E-state index contributed by atoms with van der Waals surface area (Å²) in [4.78, 5) is 28.7. The van der Waals surface area contributed by atoms with Crippen molar-refractivity contribution in [3.05, 3.63) is 28.4 Å². The van der Waals surface area contributed by atoms with Gasteiger partial charge in [0, 0.05) is 18.9 Å². The first-order valence-corrected chi connectivity index (χ1v) is 5.54. The maximum Gasteiger partial charge on any atom is 0.438 e. The van der Waals surface area contributed by atoms with Gasteiger partial charge < -0.3 is 10.3 Å². The van der Waals surface area contributed by atoms with Crippen LogP contribution in [0.5, 0.6) is 0 Å². The maximum absolute atomic E-state index is 11.8. The fourth-order valence-corrected chi connectivity index (χ4v) is 1.26. The summed E-state index contributed by atoms with van der Waals surface area (Å²) < 4.78 is 70.7. The molecule has 1 aromatic heterocycles. The number of amides is 1. The van der Waals surface area contributed by atoms with Crippen LogP contribution in [0.1, 0.15) is 5.69 Å². The molecule has 0 atom stereocenters. The zero-order chi connectivity index (χ0) is 17.0. The lowest BCUT2D eigenvalue weighted by Gasteiger charge is -2.14. The second-order valence-corrected chi connectivity index (χ2v) is 3.75. The number of aromatic nitrogens is 2. The monoisotopic (exact) mass is 330 g/mol. The van der Waals surface area contributed by atoms with E-state index in [-0.39, 0.29) is 13.1 Å². The molecule has 0 aliphatic carbocycles. The molecule has 1 amide bonds. The normalized spacial score (nSPS) is 15.4. The van der Waals surface area contributed by atoms with Gasteiger partial charge in [0.15, 0.2) is 0 Å².